The number of nitrogens with zero attached hydrogens (tertiary/aromatic N) is 3. The van der Waals surface area contributed by atoms with Crippen molar-refractivity contribution in [2.75, 3.05) is 37.7 Å². The fraction of sp³-hybridized carbons (Fsp3) is 0.350. The summed E-state index contributed by atoms with van der Waals surface area (Å²) in [4.78, 5) is 26.7. The Kier molecular flexibility index (Phi) is 5.90. The third-order valence-corrected chi connectivity index (χ3v) is 4.63. The van der Waals surface area contributed by atoms with Crippen LogP contribution in [0.4, 0.5) is 11.4 Å². The van der Waals surface area contributed by atoms with Gasteiger partial charge in [-0.15, -0.1) is 0 Å². The number of ether oxygens (including phenoxy) is 1. The van der Waals surface area contributed by atoms with E-state index in [1.807, 2.05) is 36.1 Å². The number of piperazine rings is 1. The molecule has 3 rings (SSSR count). The molecule has 7 heteroatoms. The zero-order valence-corrected chi connectivity index (χ0v) is 15.3. The van der Waals surface area contributed by atoms with Crippen LogP contribution < -0.4 is 9.64 Å². The topological polar surface area (TPSA) is 75.9 Å². The molecule has 0 saturated carbocycles. The molecule has 0 bridgehead atoms. The number of aryl methyl sites for hydroxylation is 1. The van der Waals surface area contributed by atoms with Crippen LogP contribution in [0.1, 0.15) is 12.0 Å². The van der Waals surface area contributed by atoms with Gasteiger partial charge in [-0.1, -0.05) is 12.1 Å². The third kappa shape index (κ3) is 4.97. The van der Waals surface area contributed by atoms with E-state index in [4.69, 9.17) is 4.74 Å². The molecule has 7 nitrogen and oxygen atoms in total. The average Bonchev–Trinajstić information content (AvgIpc) is 2.68. The second-order valence-corrected chi connectivity index (χ2v) is 6.56. The van der Waals surface area contributed by atoms with Gasteiger partial charge in [-0.25, -0.2) is 0 Å². The highest BCUT2D eigenvalue weighted by Crippen LogP contribution is 2.21. The lowest BCUT2D eigenvalue weighted by molar-refractivity contribution is -0.384. The van der Waals surface area contributed by atoms with Crippen molar-refractivity contribution < 1.29 is 14.5 Å². The molecule has 27 heavy (non-hydrogen) atoms. The average molecular weight is 369 g/mol. The van der Waals surface area contributed by atoms with Crippen LogP contribution in [0.3, 0.4) is 0 Å². The van der Waals surface area contributed by atoms with E-state index in [1.165, 1.54) is 12.1 Å². The first-order valence-corrected chi connectivity index (χ1v) is 8.99. The van der Waals surface area contributed by atoms with Crippen molar-refractivity contribution in [2.45, 2.75) is 13.3 Å². The van der Waals surface area contributed by atoms with Crippen molar-refractivity contribution in [1.29, 1.82) is 0 Å². The zero-order chi connectivity index (χ0) is 19.2. The van der Waals surface area contributed by atoms with E-state index in [0.29, 0.717) is 39.2 Å². The number of hydrogen-bond donors (Lipinski definition) is 0. The van der Waals surface area contributed by atoms with Crippen LogP contribution >= 0.6 is 0 Å². The lowest BCUT2D eigenvalue weighted by Crippen LogP contribution is -2.49. The van der Waals surface area contributed by atoms with Crippen molar-refractivity contribution in [2.24, 2.45) is 0 Å². The van der Waals surface area contributed by atoms with Gasteiger partial charge in [-0.3, -0.25) is 14.9 Å². The lowest BCUT2D eigenvalue weighted by atomic mass is 10.2. The summed E-state index contributed by atoms with van der Waals surface area (Å²) in [5, 5.41) is 10.7. The Balaban J connectivity index is 1.44. The molecular formula is C20H23N3O4. The molecule has 1 aliphatic heterocycles. The van der Waals surface area contributed by atoms with Crippen LogP contribution in [-0.2, 0) is 4.79 Å². The highest BCUT2D eigenvalue weighted by Gasteiger charge is 2.21. The number of nitro groups is 1. The van der Waals surface area contributed by atoms with Gasteiger partial charge < -0.3 is 14.5 Å². The lowest BCUT2D eigenvalue weighted by Gasteiger charge is -2.36. The van der Waals surface area contributed by atoms with Gasteiger partial charge in [0.1, 0.15) is 5.75 Å². The summed E-state index contributed by atoms with van der Waals surface area (Å²) < 4.78 is 5.66. The number of carbonyl (C=O) groups is 1. The highest BCUT2D eigenvalue weighted by molar-refractivity contribution is 5.76. The normalized spacial score (nSPS) is 14.1. The fourth-order valence-electron chi connectivity index (χ4n) is 3.12. The van der Waals surface area contributed by atoms with Gasteiger partial charge >= 0.3 is 0 Å². The number of anilines is 1. The zero-order valence-electron chi connectivity index (χ0n) is 15.3. The number of rotatable bonds is 6. The summed E-state index contributed by atoms with van der Waals surface area (Å²) in [6.07, 6.45) is 0.353. The van der Waals surface area contributed by atoms with E-state index in [0.717, 1.165) is 17.0 Å². The highest BCUT2D eigenvalue weighted by atomic mass is 16.6. The summed E-state index contributed by atoms with van der Waals surface area (Å²) in [6.45, 7) is 5.07. The molecule has 1 heterocycles. The maximum absolute atomic E-state index is 12.4. The summed E-state index contributed by atoms with van der Waals surface area (Å²) in [5.41, 5.74) is 2.15. The number of benzene rings is 2. The monoisotopic (exact) mass is 369 g/mol. The van der Waals surface area contributed by atoms with Crippen LogP contribution in [0.25, 0.3) is 0 Å². The van der Waals surface area contributed by atoms with Crippen molar-refractivity contribution >= 4 is 17.3 Å². The number of nitro benzene ring substituents is 1. The van der Waals surface area contributed by atoms with E-state index in [9.17, 15) is 14.9 Å². The van der Waals surface area contributed by atoms with Crippen LogP contribution in [0.5, 0.6) is 5.75 Å². The molecule has 0 atom stereocenters. The summed E-state index contributed by atoms with van der Waals surface area (Å²) >= 11 is 0. The molecule has 1 aliphatic rings. The van der Waals surface area contributed by atoms with E-state index in [1.54, 1.807) is 12.1 Å². The smallest absolute Gasteiger partial charge is 0.269 e. The Bertz CT molecular complexity index is 799. The second-order valence-electron chi connectivity index (χ2n) is 6.56. The number of non-ortho nitro benzene ring substituents is 1. The molecule has 1 saturated heterocycles. The molecule has 0 unspecified atom stereocenters. The van der Waals surface area contributed by atoms with Gasteiger partial charge in [0.15, 0.2) is 0 Å². The Morgan fingerprint density at radius 2 is 1.81 bits per heavy atom. The minimum absolute atomic E-state index is 0.0844. The van der Waals surface area contributed by atoms with Crippen molar-refractivity contribution in [3.05, 3.63) is 64.2 Å². The van der Waals surface area contributed by atoms with E-state index in [2.05, 4.69) is 4.90 Å². The SMILES string of the molecule is Cc1cccc(OCCC(=O)N2CCN(c3ccc([N+](=O)[O-])cc3)CC2)c1. The van der Waals surface area contributed by atoms with Gasteiger partial charge in [-0.2, -0.15) is 0 Å². The predicted octanol–water partition coefficient (Wildman–Crippen LogP) is 3.02. The Labute approximate surface area is 158 Å². The van der Waals surface area contributed by atoms with Crippen LogP contribution in [-0.4, -0.2) is 48.5 Å². The molecule has 0 N–H and O–H groups in total. The van der Waals surface area contributed by atoms with E-state index >= 15 is 0 Å². The van der Waals surface area contributed by atoms with Gasteiger partial charge in [-0.05, 0) is 36.8 Å². The minimum atomic E-state index is -0.404. The molecule has 0 spiro atoms. The Morgan fingerprint density at radius 1 is 1.11 bits per heavy atom. The van der Waals surface area contributed by atoms with Crippen LogP contribution in [0, 0.1) is 17.0 Å². The Morgan fingerprint density at radius 3 is 2.44 bits per heavy atom. The number of amides is 1. The van der Waals surface area contributed by atoms with Gasteiger partial charge in [0.2, 0.25) is 5.91 Å². The van der Waals surface area contributed by atoms with E-state index in [-0.39, 0.29) is 11.6 Å². The standard InChI is InChI=1S/C20H23N3O4/c1-16-3-2-4-19(15-16)27-14-9-20(24)22-12-10-21(11-13-22)17-5-7-18(8-6-17)23(25)26/h2-8,15H,9-14H2,1H3. The molecule has 1 fully saturated rings. The quantitative estimate of drug-likeness (QED) is 0.578. The van der Waals surface area contributed by atoms with Gasteiger partial charge in [0.25, 0.3) is 5.69 Å². The number of carbonyl (C=O) groups excluding carboxylic acids is 1. The maximum atomic E-state index is 12.4. The molecule has 1 amide bonds. The van der Waals surface area contributed by atoms with Gasteiger partial charge in [0, 0.05) is 44.0 Å². The first kappa shape index (κ1) is 18.7. The number of hydrogen-bond acceptors (Lipinski definition) is 5. The third-order valence-electron chi connectivity index (χ3n) is 4.63. The first-order chi connectivity index (χ1) is 13.0. The summed E-state index contributed by atoms with van der Waals surface area (Å²) in [6, 6.07) is 14.3. The minimum Gasteiger partial charge on any atom is -0.493 e. The van der Waals surface area contributed by atoms with E-state index < -0.39 is 4.92 Å². The van der Waals surface area contributed by atoms with Crippen LogP contribution in [0.2, 0.25) is 0 Å². The maximum Gasteiger partial charge on any atom is 0.269 e. The van der Waals surface area contributed by atoms with Crippen molar-refractivity contribution in [3.8, 4) is 5.75 Å². The molecule has 0 aliphatic carbocycles. The predicted molar refractivity (Wildman–Crippen MR) is 103 cm³/mol. The molecule has 142 valence electrons. The summed E-state index contributed by atoms with van der Waals surface area (Å²) in [5.74, 6) is 0.872. The second kappa shape index (κ2) is 8.53. The molecule has 2 aromatic rings. The van der Waals surface area contributed by atoms with Crippen LogP contribution in [0.15, 0.2) is 48.5 Å². The molecule has 2 aromatic carbocycles. The van der Waals surface area contributed by atoms with Crippen molar-refractivity contribution in [1.82, 2.24) is 4.90 Å². The molecule has 0 radical (unpaired) electrons. The van der Waals surface area contributed by atoms with Crippen molar-refractivity contribution in [3.63, 3.8) is 0 Å². The fourth-order valence-corrected chi connectivity index (χ4v) is 3.12. The largest absolute Gasteiger partial charge is 0.493 e. The Hall–Kier alpha value is -3.09. The first-order valence-electron chi connectivity index (χ1n) is 8.99. The van der Waals surface area contributed by atoms with Gasteiger partial charge in [0.05, 0.1) is 18.0 Å². The molecule has 0 aromatic heterocycles. The molecular weight excluding hydrogens is 346 g/mol. The summed E-state index contributed by atoms with van der Waals surface area (Å²) in [7, 11) is 0.